The van der Waals surface area contributed by atoms with Gasteiger partial charge in [-0.25, -0.2) is 0 Å². The van der Waals surface area contributed by atoms with Crippen molar-refractivity contribution in [3.05, 3.63) is 0 Å². The molecule has 0 saturated carbocycles. The van der Waals surface area contributed by atoms with Gasteiger partial charge in [-0.1, -0.05) is 6.92 Å². The highest BCUT2D eigenvalue weighted by atomic mass is 16.5. The molecule has 0 aliphatic heterocycles. The molecule has 0 aromatic rings. The van der Waals surface area contributed by atoms with Crippen molar-refractivity contribution < 1.29 is 9.53 Å². The van der Waals surface area contributed by atoms with Crippen LogP contribution in [-0.2, 0) is 9.53 Å². The van der Waals surface area contributed by atoms with Gasteiger partial charge in [0.15, 0.2) is 0 Å². The predicted molar refractivity (Wildman–Crippen MR) is 57.3 cm³/mol. The molecule has 1 unspecified atom stereocenters. The maximum Gasteiger partial charge on any atom is 0.322 e. The molecular formula is C10H22N2O2. The Hall–Kier alpha value is -0.610. The summed E-state index contributed by atoms with van der Waals surface area (Å²) in [6, 6.07) is -0.181. The van der Waals surface area contributed by atoms with Crippen LogP contribution in [0.4, 0.5) is 0 Å². The Bertz CT molecular complexity index is 162. The quantitative estimate of drug-likeness (QED) is 0.610. The van der Waals surface area contributed by atoms with E-state index in [0.717, 1.165) is 25.9 Å². The normalized spacial score (nSPS) is 12.9. The third-order valence-electron chi connectivity index (χ3n) is 2.24. The maximum atomic E-state index is 11.2. The summed E-state index contributed by atoms with van der Waals surface area (Å²) in [4.78, 5) is 13.4. The Balaban J connectivity index is 3.77. The first-order valence-electron chi connectivity index (χ1n) is 5.09. The van der Waals surface area contributed by atoms with Crippen LogP contribution in [0.2, 0.25) is 0 Å². The standard InChI is InChI=1S/C10H22N2O2/c1-5-7-12(3)8-6-9(11-2)10(13)14-4/h9,11H,5-8H2,1-4H3. The van der Waals surface area contributed by atoms with Gasteiger partial charge in [-0.15, -0.1) is 0 Å². The molecule has 14 heavy (non-hydrogen) atoms. The van der Waals surface area contributed by atoms with Crippen LogP contribution >= 0.6 is 0 Å². The number of hydrogen-bond acceptors (Lipinski definition) is 4. The van der Waals surface area contributed by atoms with Crippen molar-refractivity contribution in [2.24, 2.45) is 0 Å². The van der Waals surface area contributed by atoms with Crippen LogP contribution in [0.15, 0.2) is 0 Å². The Labute approximate surface area is 86.6 Å². The average Bonchev–Trinajstić information content (AvgIpc) is 2.18. The van der Waals surface area contributed by atoms with Crippen LogP contribution < -0.4 is 5.32 Å². The van der Waals surface area contributed by atoms with E-state index in [2.05, 4.69) is 28.9 Å². The molecule has 4 nitrogen and oxygen atoms in total. The number of rotatable bonds is 7. The zero-order valence-electron chi connectivity index (χ0n) is 9.67. The molecule has 0 aromatic heterocycles. The third kappa shape index (κ3) is 5.19. The summed E-state index contributed by atoms with van der Waals surface area (Å²) < 4.78 is 4.68. The summed E-state index contributed by atoms with van der Waals surface area (Å²) in [5.74, 6) is -0.183. The van der Waals surface area contributed by atoms with E-state index in [0.29, 0.717) is 0 Å². The molecule has 0 aliphatic rings. The lowest BCUT2D eigenvalue weighted by Crippen LogP contribution is -2.38. The summed E-state index contributed by atoms with van der Waals surface area (Å²) >= 11 is 0. The Morgan fingerprint density at radius 2 is 2.14 bits per heavy atom. The van der Waals surface area contributed by atoms with Crippen molar-refractivity contribution >= 4 is 5.97 Å². The van der Waals surface area contributed by atoms with E-state index in [-0.39, 0.29) is 12.0 Å². The van der Waals surface area contributed by atoms with Gasteiger partial charge in [-0.05, 0) is 40.0 Å². The van der Waals surface area contributed by atoms with Crippen molar-refractivity contribution in [1.82, 2.24) is 10.2 Å². The fourth-order valence-corrected chi connectivity index (χ4v) is 1.37. The van der Waals surface area contributed by atoms with Gasteiger partial charge < -0.3 is 15.0 Å². The van der Waals surface area contributed by atoms with E-state index < -0.39 is 0 Å². The molecule has 84 valence electrons. The summed E-state index contributed by atoms with van der Waals surface area (Å²) in [6.07, 6.45) is 1.93. The molecule has 0 fully saturated rings. The van der Waals surface area contributed by atoms with Gasteiger partial charge >= 0.3 is 5.97 Å². The third-order valence-corrected chi connectivity index (χ3v) is 2.24. The molecule has 0 spiro atoms. The monoisotopic (exact) mass is 202 g/mol. The lowest BCUT2D eigenvalue weighted by molar-refractivity contribution is -0.143. The first-order valence-corrected chi connectivity index (χ1v) is 5.09. The number of carbonyl (C=O) groups excluding carboxylic acids is 1. The first-order chi connectivity index (χ1) is 6.65. The van der Waals surface area contributed by atoms with Crippen LogP contribution in [0.25, 0.3) is 0 Å². The molecule has 1 atom stereocenters. The van der Waals surface area contributed by atoms with Gasteiger partial charge in [0.1, 0.15) is 6.04 Å². The van der Waals surface area contributed by atoms with Gasteiger partial charge in [-0.2, -0.15) is 0 Å². The van der Waals surface area contributed by atoms with Gasteiger partial charge in [0.05, 0.1) is 7.11 Å². The van der Waals surface area contributed by atoms with E-state index in [9.17, 15) is 4.79 Å². The Morgan fingerprint density at radius 3 is 2.57 bits per heavy atom. The summed E-state index contributed by atoms with van der Waals surface area (Å²) in [5.41, 5.74) is 0. The van der Waals surface area contributed by atoms with Crippen molar-refractivity contribution in [3.63, 3.8) is 0 Å². The molecule has 0 radical (unpaired) electrons. The molecule has 0 heterocycles. The highest BCUT2D eigenvalue weighted by molar-refractivity contribution is 5.75. The number of ether oxygens (including phenoxy) is 1. The molecule has 0 rings (SSSR count). The summed E-state index contributed by atoms with van der Waals surface area (Å²) in [6.45, 7) is 4.12. The van der Waals surface area contributed by atoms with Crippen molar-refractivity contribution in [1.29, 1.82) is 0 Å². The van der Waals surface area contributed by atoms with Crippen LogP contribution in [0, 0.1) is 0 Å². The second-order valence-corrected chi connectivity index (χ2v) is 3.46. The number of carbonyl (C=O) groups is 1. The largest absolute Gasteiger partial charge is 0.468 e. The van der Waals surface area contributed by atoms with E-state index >= 15 is 0 Å². The smallest absolute Gasteiger partial charge is 0.322 e. The topological polar surface area (TPSA) is 41.6 Å². The lowest BCUT2D eigenvalue weighted by atomic mass is 10.2. The minimum absolute atomic E-state index is 0.181. The number of methoxy groups -OCH3 is 1. The highest BCUT2D eigenvalue weighted by Crippen LogP contribution is 1.97. The maximum absolute atomic E-state index is 11.2. The van der Waals surface area contributed by atoms with Crippen molar-refractivity contribution in [3.8, 4) is 0 Å². The number of hydrogen-bond donors (Lipinski definition) is 1. The fourth-order valence-electron chi connectivity index (χ4n) is 1.37. The predicted octanol–water partition coefficient (Wildman–Crippen LogP) is 0.479. The second-order valence-electron chi connectivity index (χ2n) is 3.46. The van der Waals surface area contributed by atoms with Gasteiger partial charge in [-0.3, -0.25) is 4.79 Å². The molecule has 0 amide bonds. The Morgan fingerprint density at radius 1 is 1.50 bits per heavy atom. The summed E-state index contributed by atoms with van der Waals surface area (Å²) in [5, 5.41) is 2.95. The van der Waals surface area contributed by atoms with E-state index in [1.807, 2.05) is 0 Å². The second kappa shape index (κ2) is 7.76. The lowest BCUT2D eigenvalue weighted by Gasteiger charge is -2.19. The van der Waals surface area contributed by atoms with E-state index in [4.69, 9.17) is 0 Å². The zero-order valence-corrected chi connectivity index (χ0v) is 9.67. The van der Waals surface area contributed by atoms with E-state index in [1.165, 1.54) is 7.11 Å². The molecule has 4 heteroatoms. The molecule has 0 saturated heterocycles. The van der Waals surface area contributed by atoms with E-state index in [1.54, 1.807) is 7.05 Å². The van der Waals surface area contributed by atoms with Crippen molar-refractivity contribution in [2.75, 3.05) is 34.3 Å². The number of nitrogens with one attached hydrogen (secondary N) is 1. The van der Waals surface area contributed by atoms with Crippen LogP contribution in [0.3, 0.4) is 0 Å². The van der Waals surface area contributed by atoms with Crippen LogP contribution in [-0.4, -0.2) is 51.2 Å². The molecule has 1 N–H and O–H groups in total. The first kappa shape index (κ1) is 13.4. The van der Waals surface area contributed by atoms with Crippen molar-refractivity contribution in [2.45, 2.75) is 25.8 Å². The molecule has 0 aromatic carbocycles. The average molecular weight is 202 g/mol. The van der Waals surface area contributed by atoms with Crippen LogP contribution in [0.5, 0.6) is 0 Å². The van der Waals surface area contributed by atoms with Gasteiger partial charge in [0, 0.05) is 0 Å². The molecular weight excluding hydrogens is 180 g/mol. The number of likely N-dealkylation sites (N-methyl/N-ethyl adjacent to an activating group) is 1. The minimum atomic E-state index is -0.183. The number of esters is 1. The van der Waals surface area contributed by atoms with Crippen LogP contribution in [0.1, 0.15) is 19.8 Å². The fraction of sp³-hybridized carbons (Fsp3) is 0.900. The highest BCUT2D eigenvalue weighted by Gasteiger charge is 2.16. The SMILES string of the molecule is CCCN(C)CCC(NC)C(=O)OC. The molecule has 0 aliphatic carbocycles. The molecule has 0 bridgehead atoms. The Kier molecular flexibility index (Phi) is 7.42. The van der Waals surface area contributed by atoms with Gasteiger partial charge in [0.25, 0.3) is 0 Å². The summed E-state index contributed by atoms with van der Waals surface area (Å²) in [7, 11) is 5.26. The van der Waals surface area contributed by atoms with Gasteiger partial charge in [0.2, 0.25) is 0 Å². The zero-order chi connectivity index (χ0) is 11.0. The number of nitrogens with zero attached hydrogens (tertiary/aromatic N) is 1. The minimum Gasteiger partial charge on any atom is -0.468 e.